The van der Waals surface area contributed by atoms with E-state index in [0.29, 0.717) is 22.8 Å². The predicted octanol–water partition coefficient (Wildman–Crippen LogP) is 3.83. The van der Waals surface area contributed by atoms with Crippen molar-refractivity contribution in [2.45, 2.75) is 6.54 Å². The van der Waals surface area contributed by atoms with Crippen LogP contribution in [-0.4, -0.2) is 27.4 Å². The quantitative estimate of drug-likeness (QED) is 0.813. The molecule has 0 heterocycles. The fourth-order valence-corrected chi connectivity index (χ4v) is 2.42. The normalized spacial score (nSPS) is 10.1. The van der Waals surface area contributed by atoms with E-state index in [9.17, 15) is 9.18 Å². The van der Waals surface area contributed by atoms with Crippen LogP contribution in [0.2, 0.25) is 5.02 Å². The maximum atomic E-state index is 13.8. The first-order valence-corrected chi connectivity index (χ1v) is 7.66. The molecule has 0 aromatic heterocycles. The number of amides is 2. The predicted molar refractivity (Wildman–Crippen MR) is 93.4 cm³/mol. The van der Waals surface area contributed by atoms with Crippen LogP contribution in [0.1, 0.15) is 5.56 Å². The summed E-state index contributed by atoms with van der Waals surface area (Å²) in [5.74, 6) is 0.679. The SMILES string of the molecule is COc1ccc(CNC(=O)Nc2cccc(Cl)c2F)c(OC)c1OC. The first kappa shape index (κ1) is 18.7. The van der Waals surface area contributed by atoms with E-state index >= 15 is 0 Å². The van der Waals surface area contributed by atoms with E-state index in [1.54, 1.807) is 18.2 Å². The van der Waals surface area contributed by atoms with Gasteiger partial charge in [-0.05, 0) is 24.3 Å². The average molecular weight is 369 g/mol. The Bertz CT molecular complexity index is 771. The van der Waals surface area contributed by atoms with E-state index in [0.717, 1.165) is 0 Å². The number of methoxy groups -OCH3 is 3. The van der Waals surface area contributed by atoms with Crippen molar-refractivity contribution >= 4 is 23.3 Å². The largest absolute Gasteiger partial charge is 0.493 e. The van der Waals surface area contributed by atoms with Gasteiger partial charge in [0.25, 0.3) is 0 Å². The minimum Gasteiger partial charge on any atom is -0.493 e. The molecule has 2 rings (SSSR count). The minimum absolute atomic E-state index is 0.00993. The molecule has 0 aliphatic rings. The van der Waals surface area contributed by atoms with Crippen LogP contribution >= 0.6 is 11.6 Å². The number of hydrogen-bond donors (Lipinski definition) is 2. The molecule has 6 nitrogen and oxygen atoms in total. The number of halogens is 2. The molecule has 2 aromatic carbocycles. The van der Waals surface area contributed by atoms with Crippen LogP contribution in [0.25, 0.3) is 0 Å². The average Bonchev–Trinajstić information content (AvgIpc) is 2.62. The van der Waals surface area contributed by atoms with Crippen molar-refractivity contribution in [1.29, 1.82) is 0 Å². The molecular formula is C17H18ClFN2O4. The molecule has 134 valence electrons. The Labute approximate surface area is 149 Å². The number of nitrogens with one attached hydrogen (secondary N) is 2. The monoisotopic (exact) mass is 368 g/mol. The van der Waals surface area contributed by atoms with Crippen molar-refractivity contribution in [3.8, 4) is 17.2 Å². The van der Waals surface area contributed by atoms with Gasteiger partial charge in [0.2, 0.25) is 5.75 Å². The standard InChI is InChI=1S/C17H18ClFN2O4/c1-23-13-8-7-10(15(24-2)16(13)25-3)9-20-17(22)21-12-6-4-5-11(18)14(12)19/h4-8H,9H2,1-3H3,(H2,20,21,22). The van der Waals surface area contributed by atoms with Crippen LogP contribution in [0.5, 0.6) is 17.2 Å². The molecule has 8 heteroatoms. The van der Waals surface area contributed by atoms with Gasteiger partial charge < -0.3 is 24.8 Å². The summed E-state index contributed by atoms with van der Waals surface area (Å²) in [6.45, 7) is 0.136. The second-order valence-electron chi connectivity index (χ2n) is 4.90. The number of carbonyl (C=O) groups excluding carboxylic acids is 1. The second-order valence-corrected chi connectivity index (χ2v) is 5.31. The Morgan fingerprint density at radius 2 is 1.80 bits per heavy atom. The molecule has 2 aromatic rings. The van der Waals surface area contributed by atoms with Crippen molar-refractivity contribution in [3.63, 3.8) is 0 Å². The van der Waals surface area contributed by atoms with E-state index in [1.807, 2.05) is 0 Å². The molecule has 0 atom stereocenters. The molecule has 2 amide bonds. The number of anilines is 1. The number of urea groups is 1. The lowest BCUT2D eigenvalue weighted by atomic mass is 10.1. The summed E-state index contributed by atoms with van der Waals surface area (Å²) in [6.07, 6.45) is 0. The molecule has 0 bridgehead atoms. The van der Waals surface area contributed by atoms with Gasteiger partial charge in [-0.3, -0.25) is 0 Å². The topological polar surface area (TPSA) is 68.8 Å². The molecule has 0 unspecified atom stereocenters. The maximum absolute atomic E-state index is 13.8. The second kappa shape index (κ2) is 8.43. The minimum atomic E-state index is -0.692. The van der Waals surface area contributed by atoms with Gasteiger partial charge >= 0.3 is 6.03 Å². The Morgan fingerprint density at radius 3 is 2.44 bits per heavy atom. The van der Waals surface area contributed by atoms with E-state index in [4.69, 9.17) is 25.8 Å². The third kappa shape index (κ3) is 4.24. The smallest absolute Gasteiger partial charge is 0.319 e. The zero-order valence-electron chi connectivity index (χ0n) is 14.0. The van der Waals surface area contributed by atoms with Gasteiger partial charge in [-0.1, -0.05) is 17.7 Å². The van der Waals surface area contributed by atoms with E-state index in [1.165, 1.54) is 33.5 Å². The highest BCUT2D eigenvalue weighted by Crippen LogP contribution is 2.39. The van der Waals surface area contributed by atoms with Gasteiger partial charge in [-0.2, -0.15) is 0 Å². The molecular weight excluding hydrogens is 351 g/mol. The first-order chi connectivity index (χ1) is 12.0. The summed E-state index contributed by atoms with van der Waals surface area (Å²) in [5, 5.41) is 4.96. The lowest BCUT2D eigenvalue weighted by Gasteiger charge is -2.16. The van der Waals surface area contributed by atoms with Crippen LogP contribution in [-0.2, 0) is 6.54 Å². The Morgan fingerprint density at radius 1 is 1.08 bits per heavy atom. The highest BCUT2D eigenvalue weighted by Gasteiger charge is 2.16. The van der Waals surface area contributed by atoms with Gasteiger partial charge in [0.15, 0.2) is 17.3 Å². The fourth-order valence-electron chi connectivity index (χ4n) is 2.24. The highest BCUT2D eigenvalue weighted by atomic mass is 35.5. The number of carbonyl (C=O) groups is 1. The summed E-state index contributed by atoms with van der Waals surface area (Å²) in [5.41, 5.74) is 0.658. The molecule has 25 heavy (non-hydrogen) atoms. The first-order valence-electron chi connectivity index (χ1n) is 7.28. The number of ether oxygens (including phenoxy) is 3. The lowest BCUT2D eigenvalue weighted by molar-refractivity contribution is 0.251. The molecule has 0 saturated carbocycles. The summed E-state index contributed by atoms with van der Waals surface area (Å²) in [6, 6.07) is 7.20. The van der Waals surface area contributed by atoms with Crippen molar-refractivity contribution in [3.05, 3.63) is 46.7 Å². The Balaban J connectivity index is 2.10. The van der Waals surface area contributed by atoms with Crippen LogP contribution < -0.4 is 24.8 Å². The zero-order valence-corrected chi connectivity index (χ0v) is 14.7. The molecule has 0 fully saturated rings. The lowest BCUT2D eigenvalue weighted by Crippen LogP contribution is -2.28. The zero-order chi connectivity index (χ0) is 18.4. The number of hydrogen-bond acceptors (Lipinski definition) is 4. The Hall–Kier alpha value is -2.67. The molecule has 0 saturated heterocycles. The molecule has 2 N–H and O–H groups in total. The van der Waals surface area contributed by atoms with Gasteiger partial charge in [0.05, 0.1) is 32.0 Å². The van der Waals surface area contributed by atoms with Gasteiger partial charge in [0.1, 0.15) is 0 Å². The van der Waals surface area contributed by atoms with Crippen LogP contribution in [0, 0.1) is 5.82 Å². The molecule has 0 aliphatic heterocycles. The summed E-state index contributed by atoms with van der Waals surface area (Å²) in [4.78, 5) is 12.0. The van der Waals surface area contributed by atoms with Gasteiger partial charge in [0, 0.05) is 12.1 Å². The Kier molecular flexibility index (Phi) is 6.30. The van der Waals surface area contributed by atoms with Gasteiger partial charge in [-0.25, -0.2) is 9.18 Å². The van der Waals surface area contributed by atoms with Crippen LogP contribution in [0.15, 0.2) is 30.3 Å². The van der Waals surface area contributed by atoms with E-state index in [-0.39, 0.29) is 17.3 Å². The van der Waals surface area contributed by atoms with Crippen LogP contribution in [0.3, 0.4) is 0 Å². The summed E-state index contributed by atoms with van der Waals surface area (Å²) in [7, 11) is 4.50. The summed E-state index contributed by atoms with van der Waals surface area (Å²) >= 11 is 5.68. The highest BCUT2D eigenvalue weighted by molar-refractivity contribution is 6.31. The maximum Gasteiger partial charge on any atom is 0.319 e. The van der Waals surface area contributed by atoms with E-state index in [2.05, 4.69) is 10.6 Å². The van der Waals surface area contributed by atoms with Crippen molar-refractivity contribution in [1.82, 2.24) is 5.32 Å². The molecule has 0 aliphatic carbocycles. The number of rotatable bonds is 6. The molecule has 0 radical (unpaired) electrons. The summed E-state index contributed by atoms with van der Waals surface area (Å²) < 4.78 is 29.6. The van der Waals surface area contributed by atoms with Crippen molar-refractivity contribution in [2.75, 3.05) is 26.6 Å². The van der Waals surface area contributed by atoms with Crippen molar-refractivity contribution < 1.29 is 23.4 Å². The van der Waals surface area contributed by atoms with Crippen molar-refractivity contribution in [2.24, 2.45) is 0 Å². The third-order valence-corrected chi connectivity index (χ3v) is 3.72. The van der Waals surface area contributed by atoms with E-state index < -0.39 is 11.8 Å². The molecule has 0 spiro atoms. The fraction of sp³-hybridized carbons (Fsp3) is 0.235. The van der Waals surface area contributed by atoms with Crippen LogP contribution in [0.4, 0.5) is 14.9 Å². The van der Waals surface area contributed by atoms with Gasteiger partial charge in [-0.15, -0.1) is 0 Å². The third-order valence-electron chi connectivity index (χ3n) is 3.42. The number of benzene rings is 2.